The van der Waals surface area contributed by atoms with E-state index in [1.807, 2.05) is 0 Å². The zero-order valence-electron chi connectivity index (χ0n) is 14.7. The largest absolute Gasteiger partial charge is 0.354 e. The van der Waals surface area contributed by atoms with Gasteiger partial charge in [-0.3, -0.25) is 9.10 Å². The van der Waals surface area contributed by atoms with E-state index in [2.05, 4.69) is 26.3 Å². The summed E-state index contributed by atoms with van der Waals surface area (Å²) in [6, 6.07) is 8.78. The van der Waals surface area contributed by atoms with Crippen LogP contribution >= 0.6 is 15.9 Å². The van der Waals surface area contributed by atoms with E-state index in [9.17, 15) is 17.6 Å². The highest BCUT2D eigenvalue weighted by atomic mass is 79.9. The van der Waals surface area contributed by atoms with Gasteiger partial charge >= 0.3 is 0 Å². The molecule has 7 nitrogen and oxygen atoms in total. The van der Waals surface area contributed by atoms with Gasteiger partial charge in [-0.25, -0.2) is 17.5 Å². The molecule has 27 heavy (non-hydrogen) atoms. The standard InChI is InChI=1S/C17H16BrFN4O3S/c1-20-17(24)16-12-8-13(18)15(22(2)27(3,25)26)9-14(12)21-23(16)11-6-4-10(19)5-7-11/h4-9H,1-3H3,(H,20,24). The minimum atomic E-state index is -3.48. The first-order chi connectivity index (χ1) is 12.6. The third-order valence-corrected chi connectivity index (χ3v) is 5.92. The van der Waals surface area contributed by atoms with Gasteiger partial charge in [-0.05, 0) is 52.3 Å². The summed E-state index contributed by atoms with van der Waals surface area (Å²) in [6.45, 7) is 0. The molecule has 0 aliphatic rings. The normalized spacial score (nSPS) is 11.6. The Morgan fingerprint density at radius 2 is 1.89 bits per heavy atom. The van der Waals surface area contributed by atoms with Gasteiger partial charge in [0.05, 0.1) is 23.1 Å². The van der Waals surface area contributed by atoms with Crippen LogP contribution in [0.2, 0.25) is 0 Å². The van der Waals surface area contributed by atoms with Crippen LogP contribution in [-0.2, 0) is 10.0 Å². The number of halogens is 2. The lowest BCUT2D eigenvalue weighted by Gasteiger charge is -2.18. The number of anilines is 1. The van der Waals surface area contributed by atoms with E-state index in [1.165, 1.54) is 43.0 Å². The lowest BCUT2D eigenvalue weighted by Crippen LogP contribution is -2.25. The molecule has 3 aromatic rings. The molecule has 1 N–H and O–H groups in total. The average Bonchev–Trinajstić information content (AvgIpc) is 2.97. The van der Waals surface area contributed by atoms with Crippen LogP contribution in [0.25, 0.3) is 16.6 Å². The fraction of sp³-hybridized carbons (Fsp3) is 0.176. The van der Waals surface area contributed by atoms with Crippen LogP contribution < -0.4 is 9.62 Å². The topological polar surface area (TPSA) is 84.3 Å². The zero-order valence-corrected chi connectivity index (χ0v) is 17.1. The molecule has 0 spiro atoms. The Labute approximate surface area is 164 Å². The number of hydrogen-bond acceptors (Lipinski definition) is 4. The monoisotopic (exact) mass is 454 g/mol. The molecule has 0 fully saturated rings. The molecule has 0 unspecified atom stereocenters. The number of fused-ring (bicyclic) bond motifs is 1. The van der Waals surface area contributed by atoms with Crippen LogP contribution in [0, 0.1) is 5.82 Å². The number of sulfonamides is 1. The van der Waals surface area contributed by atoms with Gasteiger partial charge in [0.2, 0.25) is 10.0 Å². The van der Waals surface area contributed by atoms with Gasteiger partial charge < -0.3 is 5.32 Å². The van der Waals surface area contributed by atoms with Gasteiger partial charge in [0.25, 0.3) is 5.91 Å². The van der Waals surface area contributed by atoms with Gasteiger partial charge in [0.1, 0.15) is 11.5 Å². The molecule has 10 heteroatoms. The van der Waals surface area contributed by atoms with Gasteiger partial charge in [0, 0.05) is 24.0 Å². The van der Waals surface area contributed by atoms with Crippen molar-refractivity contribution in [2.45, 2.75) is 0 Å². The van der Waals surface area contributed by atoms with E-state index < -0.39 is 15.8 Å². The molecule has 0 aliphatic carbocycles. The van der Waals surface area contributed by atoms with Crippen molar-refractivity contribution in [3.8, 4) is 5.69 Å². The van der Waals surface area contributed by atoms with Gasteiger partial charge in [0.15, 0.2) is 0 Å². The van der Waals surface area contributed by atoms with Crippen LogP contribution in [0.15, 0.2) is 40.9 Å². The molecule has 1 amide bonds. The summed E-state index contributed by atoms with van der Waals surface area (Å²) in [4.78, 5) is 12.5. The fourth-order valence-corrected chi connectivity index (χ4v) is 3.86. The molecule has 0 saturated carbocycles. The third kappa shape index (κ3) is 3.54. The quantitative estimate of drug-likeness (QED) is 0.656. The number of carbonyl (C=O) groups excluding carboxylic acids is 1. The summed E-state index contributed by atoms with van der Waals surface area (Å²) in [5, 5.41) is 7.53. The SMILES string of the molecule is CNC(=O)c1c2cc(Br)c(N(C)S(C)(=O)=O)cc2nn1-c1ccc(F)cc1. The lowest BCUT2D eigenvalue weighted by atomic mass is 10.1. The third-order valence-electron chi connectivity index (χ3n) is 4.09. The first-order valence-electron chi connectivity index (χ1n) is 7.77. The summed E-state index contributed by atoms with van der Waals surface area (Å²) >= 11 is 3.37. The van der Waals surface area contributed by atoms with Crippen LogP contribution in [0.3, 0.4) is 0 Å². The van der Waals surface area contributed by atoms with Crippen LogP contribution in [0.4, 0.5) is 10.1 Å². The number of nitrogens with zero attached hydrogens (tertiary/aromatic N) is 3. The second-order valence-corrected chi connectivity index (χ2v) is 8.74. The van der Waals surface area contributed by atoms with Gasteiger partial charge in [-0.15, -0.1) is 0 Å². The van der Waals surface area contributed by atoms with E-state index in [0.29, 0.717) is 26.8 Å². The predicted molar refractivity (Wildman–Crippen MR) is 105 cm³/mol. The molecular weight excluding hydrogens is 439 g/mol. The first-order valence-corrected chi connectivity index (χ1v) is 10.4. The van der Waals surface area contributed by atoms with Crippen molar-refractivity contribution in [3.05, 3.63) is 52.4 Å². The van der Waals surface area contributed by atoms with E-state index in [1.54, 1.807) is 12.1 Å². The molecule has 1 heterocycles. The van der Waals surface area contributed by atoms with E-state index >= 15 is 0 Å². The molecule has 1 aromatic heterocycles. The minimum Gasteiger partial charge on any atom is -0.354 e. The summed E-state index contributed by atoms with van der Waals surface area (Å²) in [7, 11) is -0.555. The maximum Gasteiger partial charge on any atom is 0.270 e. The second kappa shape index (κ2) is 6.93. The molecule has 142 valence electrons. The lowest BCUT2D eigenvalue weighted by molar-refractivity contribution is 0.0957. The summed E-state index contributed by atoms with van der Waals surface area (Å²) in [5.74, 6) is -0.783. The Balaban J connectivity index is 2.30. The fourth-order valence-electron chi connectivity index (χ4n) is 2.62. The van der Waals surface area contributed by atoms with Crippen molar-refractivity contribution in [1.29, 1.82) is 0 Å². The smallest absolute Gasteiger partial charge is 0.270 e. The Morgan fingerprint density at radius 3 is 2.44 bits per heavy atom. The van der Waals surface area contributed by atoms with Crippen molar-refractivity contribution >= 4 is 48.5 Å². The van der Waals surface area contributed by atoms with Crippen LogP contribution in [0.1, 0.15) is 10.5 Å². The highest BCUT2D eigenvalue weighted by Crippen LogP contribution is 2.34. The summed E-state index contributed by atoms with van der Waals surface area (Å²) in [6.07, 6.45) is 1.09. The zero-order chi connectivity index (χ0) is 19.9. The van der Waals surface area contributed by atoms with Crippen molar-refractivity contribution in [2.75, 3.05) is 24.7 Å². The number of carbonyl (C=O) groups is 1. The number of benzene rings is 2. The van der Waals surface area contributed by atoms with Gasteiger partial charge in [-0.1, -0.05) is 0 Å². The second-order valence-electron chi connectivity index (χ2n) is 5.87. The van der Waals surface area contributed by atoms with Crippen LogP contribution in [-0.4, -0.2) is 44.5 Å². The first kappa shape index (κ1) is 19.3. The maximum atomic E-state index is 13.3. The number of rotatable bonds is 4. The van der Waals surface area contributed by atoms with Crippen molar-refractivity contribution in [3.63, 3.8) is 0 Å². The van der Waals surface area contributed by atoms with E-state index in [0.717, 1.165) is 10.6 Å². The Bertz CT molecular complexity index is 1140. The molecule has 3 rings (SSSR count). The highest BCUT2D eigenvalue weighted by molar-refractivity contribution is 9.10. The molecular formula is C17H16BrFN4O3S. The number of amides is 1. The molecule has 0 atom stereocenters. The minimum absolute atomic E-state index is 0.258. The van der Waals surface area contributed by atoms with Crippen molar-refractivity contribution < 1.29 is 17.6 Å². The van der Waals surface area contributed by atoms with Crippen molar-refractivity contribution in [2.24, 2.45) is 0 Å². The average molecular weight is 455 g/mol. The Hall–Kier alpha value is -2.46. The molecule has 0 radical (unpaired) electrons. The van der Waals surface area contributed by atoms with Crippen LogP contribution in [0.5, 0.6) is 0 Å². The molecule has 0 aliphatic heterocycles. The molecule has 0 bridgehead atoms. The molecule has 2 aromatic carbocycles. The summed E-state index contributed by atoms with van der Waals surface area (Å²) < 4.78 is 40.0. The number of aromatic nitrogens is 2. The predicted octanol–water partition coefficient (Wildman–Crippen LogP) is 2.68. The van der Waals surface area contributed by atoms with Gasteiger partial charge in [-0.2, -0.15) is 5.10 Å². The van der Waals surface area contributed by atoms with E-state index in [4.69, 9.17) is 0 Å². The maximum absolute atomic E-state index is 13.3. The molecule has 0 saturated heterocycles. The van der Waals surface area contributed by atoms with Crippen molar-refractivity contribution in [1.82, 2.24) is 15.1 Å². The Morgan fingerprint density at radius 1 is 1.26 bits per heavy atom. The summed E-state index contributed by atoms with van der Waals surface area (Å²) in [5.41, 5.74) is 1.57. The number of hydrogen-bond donors (Lipinski definition) is 1. The van der Waals surface area contributed by atoms with E-state index in [-0.39, 0.29) is 11.6 Å². The Kier molecular flexibility index (Phi) is 4.96. The highest BCUT2D eigenvalue weighted by Gasteiger charge is 2.23. The number of nitrogens with one attached hydrogen (secondary N) is 1.